The summed E-state index contributed by atoms with van der Waals surface area (Å²) in [5.74, 6) is 1.35. The lowest BCUT2D eigenvalue weighted by atomic mass is 10.1. The van der Waals surface area contributed by atoms with Crippen LogP contribution in [0.3, 0.4) is 0 Å². The molecule has 0 spiro atoms. The van der Waals surface area contributed by atoms with Crippen LogP contribution in [-0.4, -0.2) is 61.6 Å². The first-order chi connectivity index (χ1) is 18.7. The minimum Gasteiger partial charge on any atom is -0.508 e. The molecular weight excluding hydrogens is 480 g/mol. The van der Waals surface area contributed by atoms with Crippen molar-refractivity contribution >= 4 is 28.0 Å². The number of benzene rings is 3. The minimum atomic E-state index is 0.166. The van der Waals surface area contributed by atoms with Crippen LogP contribution in [0.15, 0.2) is 72.9 Å². The lowest BCUT2D eigenvalue weighted by Crippen LogP contribution is -2.37. The largest absolute Gasteiger partial charge is 0.508 e. The van der Waals surface area contributed by atoms with Crippen LogP contribution in [0, 0.1) is 11.3 Å². The molecule has 8 heteroatoms. The summed E-state index contributed by atoms with van der Waals surface area (Å²) in [6, 6.07) is 22.7. The number of para-hydroxylation sites is 1. The number of phenolic OH excluding ortho intramolecular Hbond substituents is 1. The highest BCUT2D eigenvalue weighted by Gasteiger charge is 2.22. The number of rotatable bonds is 9. The van der Waals surface area contributed by atoms with Crippen LogP contribution < -0.4 is 14.4 Å². The van der Waals surface area contributed by atoms with E-state index in [0.29, 0.717) is 34.9 Å². The van der Waals surface area contributed by atoms with E-state index in [9.17, 15) is 10.4 Å². The Morgan fingerprint density at radius 1 is 1.03 bits per heavy atom. The quantitative estimate of drug-likeness (QED) is 0.300. The number of morpholine rings is 1. The summed E-state index contributed by atoms with van der Waals surface area (Å²) < 4.78 is 17.3. The molecule has 2 heterocycles. The smallest absolute Gasteiger partial charge is 0.163 e. The molecule has 3 aromatic carbocycles. The Balaban J connectivity index is 1.53. The molecule has 0 saturated carbocycles. The van der Waals surface area contributed by atoms with Crippen molar-refractivity contribution in [2.45, 2.75) is 6.42 Å². The molecule has 1 fully saturated rings. The van der Waals surface area contributed by atoms with E-state index in [1.165, 1.54) is 0 Å². The molecule has 0 unspecified atom stereocenters. The molecule has 1 aliphatic heterocycles. The molecule has 0 radical (unpaired) electrons. The Morgan fingerprint density at radius 3 is 2.47 bits per heavy atom. The Morgan fingerprint density at radius 2 is 1.76 bits per heavy atom. The van der Waals surface area contributed by atoms with Crippen molar-refractivity contribution in [2.75, 3.05) is 51.5 Å². The maximum absolute atomic E-state index is 10.1. The zero-order chi connectivity index (χ0) is 26.3. The standard InChI is InChI=1S/C30H30N4O4/c1-36-28-18-26-27(19-29(28)38-15-5-12-33-13-16-37-17-14-33)32-21-22(20-31)30(26)34(23-6-3-2-4-7-23)24-8-10-25(35)11-9-24/h2-4,6-11,18-19,21,35H,5,12-17H2,1H3. The van der Waals surface area contributed by atoms with Crippen molar-refractivity contribution in [3.63, 3.8) is 0 Å². The number of methoxy groups -OCH3 is 1. The van der Waals surface area contributed by atoms with E-state index in [-0.39, 0.29) is 5.75 Å². The van der Waals surface area contributed by atoms with Crippen LogP contribution >= 0.6 is 0 Å². The summed E-state index contributed by atoms with van der Waals surface area (Å²) in [4.78, 5) is 8.96. The van der Waals surface area contributed by atoms with Crippen molar-refractivity contribution in [1.82, 2.24) is 9.88 Å². The van der Waals surface area contributed by atoms with Crippen molar-refractivity contribution in [3.8, 4) is 23.3 Å². The number of aromatic hydroxyl groups is 1. The Bertz CT molecular complexity index is 1410. The van der Waals surface area contributed by atoms with Crippen LogP contribution in [-0.2, 0) is 4.74 Å². The molecule has 0 amide bonds. The fraction of sp³-hybridized carbons (Fsp3) is 0.267. The highest BCUT2D eigenvalue weighted by Crippen LogP contribution is 2.43. The van der Waals surface area contributed by atoms with Gasteiger partial charge in [-0.05, 0) is 48.9 Å². The first kappa shape index (κ1) is 25.3. The molecule has 0 atom stereocenters. The molecule has 0 aliphatic carbocycles. The lowest BCUT2D eigenvalue weighted by Gasteiger charge is -2.28. The molecule has 194 valence electrons. The van der Waals surface area contributed by atoms with E-state index in [1.807, 2.05) is 59.5 Å². The van der Waals surface area contributed by atoms with Crippen molar-refractivity contribution in [2.24, 2.45) is 0 Å². The van der Waals surface area contributed by atoms with E-state index >= 15 is 0 Å². The van der Waals surface area contributed by atoms with Crippen LogP contribution in [0.1, 0.15) is 12.0 Å². The molecular formula is C30H30N4O4. The van der Waals surface area contributed by atoms with Gasteiger partial charge in [0.25, 0.3) is 0 Å². The summed E-state index contributed by atoms with van der Waals surface area (Å²) >= 11 is 0. The van der Waals surface area contributed by atoms with Gasteiger partial charge in [0.1, 0.15) is 11.8 Å². The maximum atomic E-state index is 10.1. The zero-order valence-corrected chi connectivity index (χ0v) is 21.3. The van der Waals surface area contributed by atoms with Gasteiger partial charge >= 0.3 is 0 Å². The molecule has 1 aromatic heterocycles. The predicted molar refractivity (Wildman–Crippen MR) is 147 cm³/mol. The average Bonchev–Trinajstić information content (AvgIpc) is 2.97. The molecule has 38 heavy (non-hydrogen) atoms. The first-order valence-electron chi connectivity index (χ1n) is 12.7. The summed E-state index contributed by atoms with van der Waals surface area (Å²) in [6.45, 7) is 4.96. The van der Waals surface area contributed by atoms with E-state index in [4.69, 9.17) is 14.2 Å². The second-order valence-electron chi connectivity index (χ2n) is 9.00. The fourth-order valence-corrected chi connectivity index (χ4v) is 4.66. The van der Waals surface area contributed by atoms with E-state index in [0.717, 1.165) is 56.0 Å². The number of phenols is 1. The number of fused-ring (bicyclic) bond motifs is 1. The van der Waals surface area contributed by atoms with Gasteiger partial charge < -0.3 is 24.2 Å². The number of hydrogen-bond acceptors (Lipinski definition) is 8. The monoisotopic (exact) mass is 510 g/mol. The Labute approximate surface area is 222 Å². The normalized spacial score (nSPS) is 13.7. The van der Waals surface area contributed by atoms with Crippen molar-refractivity contribution in [3.05, 3.63) is 78.5 Å². The molecule has 5 rings (SSSR count). The molecule has 4 aromatic rings. The third-order valence-corrected chi connectivity index (χ3v) is 6.57. The second-order valence-corrected chi connectivity index (χ2v) is 9.00. The SMILES string of the molecule is COc1cc2c(N(c3ccccc3)c3ccc(O)cc3)c(C#N)cnc2cc1OCCCN1CCOCC1. The summed E-state index contributed by atoms with van der Waals surface area (Å²) in [5, 5.41) is 20.7. The van der Waals surface area contributed by atoms with Gasteiger partial charge in [0.15, 0.2) is 11.5 Å². The number of anilines is 3. The molecule has 8 nitrogen and oxygen atoms in total. The third kappa shape index (κ3) is 5.49. The van der Waals surface area contributed by atoms with E-state index in [1.54, 1.807) is 25.4 Å². The van der Waals surface area contributed by atoms with Crippen molar-refractivity contribution < 1.29 is 19.3 Å². The van der Waals surface area contributed by atoms with Crippen LogP contribution in [0.25, 0.3) is 10.9 Å². The topological polar surface area (TPSA) is 91.1 Å². The van der Waals surface area contributed by atoms with Gasteiger partial charge in [0.05, 0.1) is 43.7 Å². The van der Waals surface area contributed by atoms with Crippen LogP contribution in [0.2, 0.25) is 0 Å². The Kier molecular flexibility index (Phi) is 7.88. The van der Waals surface area contributed by atoms with Gasteiger partial charge in [-0.15, -0.1) is 0 Å². The number of hydrogen-bond donors (Lipinski definition) is 1. The van der Waals surface area contributed by atoms with Crippen LogP contribution in [0.4, 0.5) is 17.1 Å². The fourth-order valence-electron chi connectivity index (χ4n) is 4.66. The number of nitriles is 1. The predicted octanol–water partition coefficient (Wildman–Crippen LogP) is 5.39. The highest BCUT2D eigenvalue weighted by molar-refractivity contribution is 6.01. The number of aromatic nitrogens is 1. The second kappa shape index (κ2) is 11.8. The third-order valence-electron chi connectivity index (χ3n) is 6.57. The summed E-state index contributed by atoms with van der Waals surface area (Å²) in [7, 11) is 1.61. The van der Waals surface area contributed by atoms with Crippen molar-refractivity contribution in [1.29, 1.82) is 5.26 Å². The minimum absolute atomic E-state index is 0.166. The number of pyridine rings is 1. The molecule has 1 N–H and O–H groups in total. The maximum Gasteiger partial charge on any atom is 0.163 e. The lowest BCUT2D eigenvalue weighted by molar-refractivity contribution is 0.0357. The van der Waals surface area contributed by atoms with Gasteiger partial charge in [-0.25, -0.2) is 0 Å². The Hall–Kier alpha value is -4.32. The summed E-state index contributed by atoms with van der Waals surface area (Å²) in [5.41, 5.74) is 3.43. The van der Waals surface area contributed by atoms with Gasteiger partial charge in [-0.1, -0.05) is 18.2 Å². The zero-order valence-electron chi connectivity index (χ0n) is 21.3. The molecule has 0 bridgehead atoms. The number of nitrogens with zero attached hydrogens (tertiary/aromatic N) is 4. The molecule has 1 saturated heterocycles. The first-order valence-corrected chi connectivity index (χ1v) is 12.7. The average molecular weight is 511 g/mol. The van der Waals surface area contributed by atoms with Gasteiger partial charge in [0, 0.05) is 48.7 Å². The molecule has 1 aliphatic rings. The van der Waals surface area contributed by atoms with Gasteiger partial charge in [0.2, 0.25) is 0 Å². The van der Waals surface area contributed by atoms with Gasteiger partial charge in [-0.2, -0.15) is 5.26 Å². The van der Waals surface area contributed by atoms with Crippen LogP contribution in [0.5, 0.6) is 17.2 Å². The van der Waals surface area contributed by atoms with E-state index in [2.05, 4.69) is 16.0 Å². The number of ether oxygens (including phenoxy) is 3. The highest BCUT2D eigenvalue weighted by atomic mass is 16.5. The van der Waals surface area contributed by atoms with E-state index < -0.39 is 0 Å². The summed E-state index contributed by atoms with van der Waals surface area (Å²) in [6.07, 6.45) is 2.47. The van der Waals surface area contributed by atoms with Gasteiger partial charge in [-0.3, -0.25) is 9.88 Å².